The summed E-state index contributed by atoms with van der Waals surface area (Å²) in [5.74, 6) is 0.288. The fourth-order valence-electron chi connectivity index (χ4n) is 1.83. The van der Waals surface area contributed by atoms with Gasteiger partial charge < -0.3 is 10.4 Å². The first-order valence-corrected chi connectivity index (χ1v) is 5.37. The van der Waals surface area contributed by atoms with Crippen molar-refractivity contribution in [2.24, 2.45) is 0 Å². The first-order valence-electron chi connectivity index (χ1n) is 5.37. The van der Waals surface area contributed by atoms with Crippen molar-refractivity contribution < 1.29 is 5.11 Å². The van der Waals surface area contributed by atoms with Crippen molar-refractivity contribution >= 4 is 0 Å². The van der Waals surface area contributed by atoms with E-state index in [2.05, 4.69) is 10.4 Å². The normalized spacial score (nSPS) is 16.0. The summed E-state index contributed by atoms with van der Waals surface area (Å²) in [4.78, 5) is 0. The smallest absolute Gasteiger partial charge is 0.116 e. The molecule has 1 aromatic carbocycles. The number of rotatable bonds is 2. The number of nitrogens with one attached hydrogen (secondary N) is 1. The highest BCUT2D eigenvalue weighted by molar-refractivity contribution is 5.63. The third-order valence-corrected chi connectivity index (χ3v) is 2.92. The highest BCUT2D eigenvalue weighted by Gasteiger charge is 2.19. The van der Waals surface area contributed by atoms with Crippen molar-refractivity contribution in [3.05, 3.63) is 36.7 Å². The zero-order chi connectivity index (χ0) is 11.0. The molecule has 2 aromatic rings. The molecule has 0 bridgehead atoms. The highest BCUT2D eigenvalue weighted by atomic mass is 16.3. The van der Waals surface area contributed by atoms with Gasteiger partial charge in [-0.2, -0.15) is 5.10 Å². The summed E-state index contributed by atoms with van der Waals surface area (Å²) >= 11 is 0. The lowest BCUT2D eigenvalue weighted by Gasteiger charge is -2.27. The molecule has 1 fully saturated rings. The number of aromatic hydroxyl groups is 1. The molecule has 0 amide bonds. The van der Waals surface area contributed by atoms with Crippen LogP contribution in [0.15, 0.2) is 36.7 Å². The molecule has 0 radical (unpaired) electrons. The van der Waals surface area contributed by atoms with Crippen LogP contribution in [0.1, 0.15) is 6.04 Å². The van der Waals surface area contributed by atoms with Crippen molar-refractivity contribution in [3.63, 3.8) is 0 Å². The largest absolute Gasteiger partial charge is 0.508 e. The first-order chi connectivity index (χ1) is 7.83. The Labute approximate surface area is 93.5 Å². The second-order valence-corrected chi connectivity index (χ2v) is 4.07. The Morgan fingerprint density at radius 3 is 2.88 bits per heavy atom. The minimum atomic E-state index is 0.288. The standard InChI is InChI=1S/C12H13N3O/c16-12-3-1-2-9(4-12)10-5-14-15(8-10)11-6-13-7-11/h1-5,8,11,13,16H,6-7H2. The van der Waals surface area contributed by atoms with E-state index in [0.717, 1.165) is 24.2 Å². The van der Waals surface area contributed by atoms with Gasteiger partial charge in [0.2, 0.25) is 0 Å². The van der Waals surface area contributed by atoms with E-state index in [9.17, 15) is 5.11 Å². The summed E-state index contributed by atoms with van der Waals surface area (Å²) < 4.78 is 1.98. The van der Waals surface area contributed by atoms with Crippen molar-refractivity contribution in [1.82, 2.24) is 15.1 Å². The summed E-state index contributed by atoms with van der Waals surface area (Å²) in [5, 5.41) is 17.0. The van der Waals surface area contributed by atoms with E-state index in [-0.39, 0.29) is 5.75 Å². The van der Waals surface area contributed by atoms with E-state index in [1.165, 1.54) is 0 Å². The van der Waals surface area contributed by atoms with Gasteiger partial charge in [-0.05, 0) is 17.7 Å². The maximum absolute atomic E-state index is 9.41. The minimum absolute atomic E-state index is 0.288. The summed E-state index contributed by atoms with van der Waals surface area (Å²) in [7, 11) is 0. The summed E-state index contributed by atoms with van der Waals surface area (Å²) in [6.07, 6.45) is 3.87. The maximum Gasteiger partial charge on any atom is 0.116 e. The second-order valence-electron chi connectivity index (χ2n) is 4.07. The topological polar surface area (TPSA) is 50.1 Å². The van der Waals surface area contributed by atoms with Gasteiger partial charge >= 0.3 is 0 Å². The van der Waals surface area contributed by atoms with Gasteiger partial charge in [0.1, 0.15) is 5.75 Å². The highest BCUT2D eigenvalue weighted by Crippen LogP contribution is 2.24. The first kappa shape index (κ1) is 9.42. The summed E-state index contributed by atoms with van der Waals surface area (Å²) in [6, 6.07) is 7.71. The molecule has 4 nitrogen and oxygen atoms in total. The van der Waals surface area contributed by atoms with E-state index >= 15 is 0 Å². The fraction of sp³-hybridized carbons (Fsp3) is 0.250. The molecule has 16 heavy (non-hydrogen) atoms. The Kier molecular flexibility index (Phi) is 2.15. The van der Waals surface area contributed by atoms with Crippen LogP contribution in [0.2, 0.25) is 0 Å². The molecule has 1 aliphatic heterocycles. The number of hydrogen-bond acceptors (Lipinski definition) is 3. The Balaban J connectivity index is 1.91. The molecule has 0 atom stereocenters. The predicted molar refractivity (Wildman–Crippen MR) is 61.2 cm³/mol. The third kappa shape index (κ3) is 1.57. The molecule has 1 aliphatic rings. The van der Waals surface area contributed by atoms with Crippen molar-refractivity contribution in [1.29, 1.82) is 0 Å². The predicted octanol–water partition coefficient (Wildman–Crippen LogP) is 1.40. The van der Waals surface area contributed by atoms with Crippen LogP contribution in [0.5, 0.6) is 5.75 Å². The summed E-state index contributed by atoms with van der Waals surface area (Å²) in [5.41, 5.74) is 2.04. The average Bonchev–Trinajstić information content (AvgIpc) is 2.64. The SMILES string of the molecule is Oc1cccc(-c2cnn(C3CNC3)c2)c1. The number of benzene rings is 1. The van der Waals surface area contributed by atoms with Crippen LogP contribution in [0, 0.1) is 0 Å². The lowest BCUT2D eigenvalue weighted by molar-refractivity contribution is 0.318. The van der Waals surface area contributed by atoms with E-state index in [1.54, 1.807) is 12.1 Å². The number of aromatic nitrogens is 2. The molecular weight excluding hydrogens is 202 g/mol. The van der Waals surface area contributed by atoms with Gasteiger partial charge in [0.25, 0.3) is 0 Å². The molecule has 0 unspecified atom stereocenters. The van der Waals surface area contributed by atoms with Crippen LogP contribution in [0.4, 0.5) is 0 Å². The van der Waals surface area contributed by atoms with Gasteiger partial charge in [-0.15, -0.1) is 0 Å². The molecular formula is C12H13N3O. The van der Waals surface area contributed by atoms with Gasteiger partial charge in [0.05, 0.1) is 12.2 Å². The zero-order valence-corrected chi connectivity index (χ0v) is 8.80. The monoisotopic (exact) mass is 215 g/mol. The number of hydrogen-bond donors (Lipinski definition) is 2. The van der Waals surface area contributed by atoms with E-state index in [0.29, 0.717) is 6.04 Å². The van der Waals surface area contributed by atoms with E-state index in [4.69, 9.17) is 0 Å². The number of phenolic OH excluding ortho intramolecular Hbond substituents is 1. The number of nitrogens with zero attached hydrogens (tertiary/aromatic N) is 2. The second kappa shape index (κ2) is 3.64. The van der Waals surface area contributed by atoms with Gasteiger partial charge in [-0.3, -0.25) is 4.68 Å². The Morgan fingerprint density at radius 2 is 2.19 bits per heavy atom. The van der Waals surface area contributed by atoms with Crippen LogP contribution >= 0.6 is 0 Å². The lowest BCUT2D eigenvalue weighted by atomic mass is 10.1. The molecule has 0 saturated carbocycles. The quantitative estimate of drug-likeness (QED) is 0.796. The molecule has 2 N–H and O–H groups in total. The Bertz CT molecular complexity index is 502. The zero-order valence-electron chi connectivity index (χ0n) is 8.80. The average molecular weight is 215 g/mol. The van der Waals surface area contributed by atoms with Crippen LogP contribution < -0.4 is 5.32 Å². The van der Waals surface area contributed by atoms with Gasteiger partial charge in [0.15, 0.2) is 0 Å². The molecule has 0 aliphatic carbocycles. The van der Waals surface area contributed by atoms with Crippen molar-refractivity contribution in [2.75, 3.05) is 13.1 Å². The fourth-order valence-corrected chi connectivity index (χ4v) is 1.83. The molecule has 0 spiro atoms. The lowest BCUT2D eigenvalue weighted by Crippen LogP contribution is -2.43. The molecule has 1 aromatic heterocycles. The molecule has 4 heteroatoms. The van der Waals surface area contributed by atoms with Crippen molar-refractivity contribution in [3.8, 4) is 16.9 Å². The Hall–Kier alpha value is -1.81. The van der Waals surface area contributed by atoms with Gasteiger partial charge in [0, 0.05) is 24.8 Å². The number of phenols is 1. The molecule has 1 saturated heterocycles. The van der Waals surface area contributed by atoms with Crippen LogP contribution in [-0.4, -0.2) is 28.0 Å². The Morgan fingerprint density at radius 1 is 1.31 bits per heavy atom. The molecule has 2 heterocycles. The van der Waals surface area contributed by atoms with Crippen LogP contribution in [0.25, 0.3) is 11.1 Å². The van der Waals surface area contributed by atoms with Crippen LogP contribution in [-0.2, 0) is 0 Å². The maximum atomic E-state index is 9.41. The van der Waals surface area contributed by atoms with E-state index < -0.39 is 0 Å². The molecule has 82 valence electrons. The van der Waals surface area contributed by atoms with Gasteiger partial charge in [-0.1, -0.05) is 12.1 Å². The van der Waals surface area contributed by atoms with Gasteiger partial charge in [-0.25, -0.2) is 0 Å². The summed E-state index contributed by atoms with van der Waals surface area (Å²) in [6.45, 7) is 1.97. The third-order valence-electron chi connectivity index (χ3n) is 2.92. The minimum Gasteiger partial charge on any atom is -0.508 e. The van der Waals surface area contributed by atoms with E-state index in [1.807, 2.05) is 29.2 Å². The molecule has 3 rings (SSSR count). The van der Waals surface area contributed by atoms with Crippen molar-refractivity contribution in [2.45, 2.75) is 6.04 Å². The van der Waals surface area contributed by atoms with Crippen LogP contribution in [0.3, 0.4) is 0 Å².